The summed E-state index contributed by atoms with van der Waals surface area (Å²) in [5.41, 5.74) is -2.07. The van der Waals surface area contributed by atoms with E-state index in [9.17, 15) is 9.90 Å². The minimum Gasteiger partial charge on any atom is -0.444 e. The zero-order valence-electron chi connectivity index (χ0n) is 9.26. The molecular weight excluding hydrogens is 276 g/mol. The van der Waals surface area contributed by atoms with Gasteiger partial charge in [0.2, 0.25) is 3.79 Å². The van der Waals surface area contributed by atoms with Crippen molar-refractivity contribution < 1.29 is 14.6 Å². The maximum absolute atomic E-state index is 11.5. The Balaban J connectivity index is 2.51. The largest absolute Gasteiger partial charge is 0.444 e. The van der Waals surface area contributed by atoms with Gasteiger partial charge in [-0.3, -0.25) is 0 Å². The summed E-state index contributed by atoms with van der Waals surface area (Å²) < 4.78 is 3.29. The summed E-state index contributed by atoms with van der Waals surface area (Å²) in [4.78, 5) is 12.8. The van der Waals surface area contributed by atoms with Gasteiger partial charge >= 0.3 is 6.09 Å². The lowest BCUT2D eigenvalue weighted by Gasteiger charge is -2.49. The molecule has 16 heavy (non-hydrogen) atoms. The summed E-state index contributed by atoms with van der Waals surface area (Å²) >= 11 is 16.7. The molecule has 1 N–H and O–H groups in total. The first kappa shape index (κ1) is 14.2. The van der Waals surface area contributed by atoms with Gasteiger partial charge in [-0.1, -0.05) is 34.8 Å². The van der Waals surface area contributed by atoms with E-state index in [4.69, 9.17) is 39.5 Å². The van der Waals surface area contributed by atoms with Gasteiger partial charge in [-0.2, -0.15) is 0 Å². The van der Waals surface area contributed by atoms with E-state index in [1.807, 2.05) is 0 Å². The van der Waals surface area contributed by atoms with Crippen molar-refractivity contribution in [1.29, 1.82) is 0 Å². The molecule has 0 unspecified atom stereocenters. The molecule has 0 aromatic heterocycles. The van der Waals surface area contributed by atoms with E-state index in [0.717, 1.165) is 0 Å². The van der Waals surface area contributed by atoms with Crippen molar-refractivity contribution in [3.05, 3.63) is 0 Å². The van der Waals surface area contributed by atoms with Gasteiger partial charge in [0.15, 0.2) is 0 Å². The van der Waals surface area contributed by atoms with Crippen molar-refractivity contribution in [3.8, 4) is 0 Å². The molecule has 7 heteroatoms. The number of hydrogen-bond acceptors (Lipinski definition) is 3. The second-order valence-corrected chi connectivity index (χ2v) is 7.15. The summed E-state index contributed by atoms with van der Waals surface area (Å²) in [5.74, 6) is 0. The third kappa shape index (κ3) is 3.06. The highest BCUT2D eigenvalue weighted by molar-refractivity contribution is 6.68. The minimum atomic E-state index is -1.80. The molecule has 1 heterocycles. The first-order chi connectivity index (χ1) is 6.95. The molecule has 1 fully saturated rings. The molecule has 0 radical (unpaired) electrons. The number of ether oxygens (including phenoxy) is 1. The quantitative estimate of drug-likeness (QED) is 0.697. The van der Waals surface area contributed by atoms with Crippen LogP contribution in [0.5, 0.6) is 0 Å². The molecule has 1 saturated heterocycles. The van der Waals surface area contributed by atoms with Crippen LogP contribution in [0.15, 0.2) is 0 Å². The van der Waals surface area contributed by atoms with Crippen molar-refractivity contribution in [2.24, 2.45) is 0 Å². The molecule has 4 nitrogen and oxygen atoms in total. The Kier molecular flexibility index (Phi) is 3.62. The van der Waals surface area contributed by atoms with Crippen LogP contribution in [0.2, 0.25) is 0 Å². The smallest absolute Gasteiger partial charge is 0.410 e. The standard InChI is InChI=1S/C9H14Cl3NO3/c1-7(2,3)16-6(14)13-4-8(15,5-13)9(10,11)12/h15H,4-5H2,1-3H3. The Bertz CT molecular complexity index is 289. The summed E-state index contributed by atoms with van der Waals surface area (Å²) in [6.45, 7) is 5.18. The molecule has 1 aliphatic heterocycles. The maximum atomic E-state index is 11.5. The summed E-state index contributed by atoms with van der Waals surface area (Å²) in [6.07, 6.45) is -0.522. The molecule has 94 valence electrons. The number of rotatable bonds is 0. The van der Waals surface area contributed by atoms with Gasteiger partial charge < -0.3 is 14.7 Å². The normalized spacial score (nSPS) is 20.3. The number of aliphatic hydroxyl groups is 1. The average molecular weight is 291 g/mol. The predicted molar refractivity (Wildman–Crippen MR) is 63.0 cm³/mol. The summed E-state index contributed by atoms with van der Waals surface area (Å²) in [7, 11) is 0. The van der Waals surface area contributed by atoms with E-state index in [2.05, 4.69) is 0 Å². The highest BCUT2D eigenvalue weighted by Crippen LogP contribution is 2.43. The molecule has 1 rings (SSSR count). The fraction of sp³-hybridized carbons (Fsp3) is 0.889. The van der Waals surface area contributed by atoms with Gasteiger partial charge in [0.05, 0.1) is 13.1 Å². The van der Waals surface area contributed by atoms with Gasteiger partial charge in [-0.15, -0.1) is 0 Å². The third-order valence-corrected chi connectivity index (χ3v) is 3.14. The van der Waals surface area contributed by atoms with Crippen molar-refractivity contribution in [2.75, 3.05) is 13.1 Å². The Morgan fingerprint density at radius 3 is 2.06 bits per heavy atom. The van der Waals surface area contributed by atoms with E-state index in [0.29, 0.717) is 0 Å². The fourth-order valence-electron chi connectivity index (χ4n) is 1.22. The van der Waals surface area contributed by atoms with Crippen molar-refractivity contribution in [1.82, 2.24) is 4.90 Å². The molecule has 0 bridgehead atoms. The molecule has 0 spiro atoms. The molecule has 0 saturated carbocycles. The third-order valence-electron chi connectivity index (χ3n) is 2.08. The monoisotopic (exact) mass is 289 g/mol. The molecule has 1 amide bonds. The number of nitrogens with zero attached hydrogens (tertiary/aromatic N) is 1. The molecule has 0 aromatic carbocycles. The fourth-order valence-corrected chi connectivity index (χ4v) is 1.58. The van der Waals surface area contributed by atoms with Crippen LogP contribution in [0.1, 0.15) is 20.8 Å². The number of carbonyl (C=O) groups is 1. The lowest BCUT2D eigenvalue weighted by atomic mass is 9.97. The number of carbonyl (C=O) groups excluding carboxylic acids is 1. The lowest BCUT2D eigenvalue weighted by molar-refractivity contribution is -0.0953. The predicted octanol–water partition coefficient (Wildman–Crippen LogP) is 2.34. The molecule has 1 aliphatic rings. The number of hydrogen-bond donors (Lipinski definition) is 1. The number of β-amino-alcohol motifs (C(OH)–C–C–N with tert-alkyl or cyclic N) is 1. The highest BCUT2D eigenvalue weighted by atomic mass is 35.6. The first-order valence-electron chi connectivity index (χ1n) is 4.72. The van der Waals surface area contributed by atoms with E-state index in [1.54, 1.807) is 20.8 Å². The summed E-state index contributed by atoms with van der Waals surface area (Å²) in [6, 6.07) is 0. The van der Waals surface area contributed by atoms with E-state index in [1.165, 1.54) is 4.90 Å². The Labute approximate surface area is 109 Å². The van der Waals surface area contributed by atoms with Crippen LogP contribution in [-0.2, 0) is 4.74 Å². The Morgan fingerprint density at radius 2 is 1.75 bits per heavy atom. The van der Waals surface area contributed by atoms with E-state index < -0.39 is 21.1 Å². The molecular formula is C9H14Cl3NO3. The molecule has 0 aliphatic carbocycles. The van der Waals surface area contributed by atoms with Crippen LogP contribution in [0.4, 0.5) is 4.79 Å². The second-order valence-electron chi connectivity index (χ2n) is 4.87. The lowest BCUT2D eigenvalue weighted by Crippen LogP contribution is -2.69. The van der Waals surface area contributed by atoms with Crippen LogP contribution in [0.25, 0.3) is 0 Å². The van der Waals surface area contributed by atoms with Crippen molar-refractivity contribution in [2.45, 2.75) is 35.8 Å². The number of amides is 1. The van der Waals surface area contributed by atoms with E-state index >= 15 is 0 Å². The first-order valence-corrected chi connectivity index (χ1v) is 5.85. The second kappa shape index (κ2) is 4.09. The summed E-state index contributed by atoms with van der Waals surface area (Å²) in [5, 5.41) is 9.82. The Hall–Kier alpha value is 0.1000. The van der Waals surface area contributed by atoms with Crippen LogP contribution in [0, 0.1) is 0 Å². The van der Waals surface area contributed by atoms with Crippen LogP contribution < -0.4 is 0 Å². The zero-order valence-corrected chi connectivity index (χ0v) is 11.5. The van der Waals surface area contributed by atoms with Gasteiger partial charge in [0.1, 0.15) is 11.2 Å². The zero-order chi connectivity index (χ0) is 12.8. The number of likely N-dealkylation sites (tertiary alicyclic amines) is 1. The SMILES string of the molecule is CC(C)(C)OC(=O)N1CC(O)(C(Cl)(Cl)Cl)C1. The topological polar surface area (TPSA) is 49.8 Å². The molecule has 0 aromatic rings. The van der Waals surface area contributed by atoms with Gasteiger partial charge in [0.25, 0.3) is 0 Å². The van der Waals surface area contributed by atoms with E-state index in [-0.39, 0.29) is 13.1 Å². The molecule has 0 atom stereocenters. The maximum Gasteiger partial charge on any atom is 0.410 e. The highest BCUT2D eigenvalue weighted by Gasteiger charge is 2.57. The van der Waals surface area contributed by atoms with Crippen LogP contribution in [-0.4, -0.2) is 44.2 Å². The van der Waals surface area contributed by atoms with Crippen molar-refractivity contribution >= 4 is 40.9 Å². The van der Waals surface area contributed by atoms with Gasteiger partial charge in [-0.25, -0.2) is 4.79 Å². The number of alkyl halides is 3. The van der Waals surface area contributed by atoms with Gasteiger partial charge in [-0.05, 0) is 20.8 Å². The van der Waals surface area contributed by atoms with Crippen LogP contribution in [0.3, 0.4) is 0 Å². The Morgan fingerprint density at radius 1 is 1.31 bits per heavy atom. The average Bonchev–Trinajstić information content (AvgIpc) is 1.92. The van der Waals surface area contributed by atoms with Crippen molar-refractivity contribution in [3.63, 3.8) is 0 Å². The number of halogens is 3. The van der Waals surface area contributed by atoms with Gasteiger partial charge in [0, 0.05) is 0 Å². The van der Waals surface area contributed by atoms with Crippen LogP contribution >= 0.6 is 34.8 Å². The minimum absolute atomic E-state index is 0.0432.